The molecule has 2 heterocycles. The molecule has 0 aliphatic heterocycles. The lowest BCUT2D eigenvalue weighted by molar-refractivity contribution is 0.428. The number of nitrogen functional groups attached to an aromatic ring is 1. The van der Waals surface area contributed by atoms with Crippen LogP contribution in [-0.2, 0) is 0 Å². The summed E-state index contributed by atoms with van der Waals surface area (Å²) >= 11 is 0. The maximum Gasteiger partial charge on any atom is 0.223 e. The van der Waals surface area contributed by atoms with Crippen molar-refractivity contribution in [1.82, 2.24) is 19.9 Å². The predicted molar refractivity (Wildman–Crippen MR) is 82.8 cm³/mol. The van der Waals surface area contributed by atoms with Gasteiger partial charge in [0.2, 0.25) is 5.95 Å². The largest absolute Gasteiger partial charge is 0.368 e. The average molecular weight is 283 g/mol. The molecule has 5 heteroatoms. The molecule has 3 rings (SSSR count). The number of hydrogen-bond donors (Lipinski definition) is 1. The molecule has 0 unspecified atom stereocenters. The molecule has 1 aliphatic carbocycles. The van der Waals surface area contributed by atoms with Gasteiger partial charge in [-0.15, -0.1) is 0 Å². The van der Waals surface area contributed by atoms with E-state index < -0.39 is 0 Å². The highest BCUT2D eigenvalue weighted by atomic mass is 15.1. The van der Waals surface area contributed by atoms with E-state index in [0.717, 1.165) is 35.6 Å². The Hall–Kier alpha value is -2.04. The molecule has 5 nitrogen and oxygen atoms in total. The number of anilines is 1. The quantitative estimate of drug-likeness (QED) is 0.915. The molecule has 1 fully saturated rings. The molecule has 1 aliphatic rings. The first-order valence-corrected chi connectivity index (χ1v) is 7.59. The van der Waals surface area contributed by atoms with Crippen LogP contribution in [0, 0.1) is 13.8 Å². The van der Waals surface area contributed by atoms with Crippen molar-refractivity contribution in [2.24, 2.45) is 0 Å². The highest BCUT2D eigenvalue weighted by Gasteiger charge is 2.20. The van der Waals surface area contributed by atoms with Crippen molar-refractivity contribution in [2.45, 2.75) is 51.9 Å². The first-order valence-electron chi connectivity index (χ1n) is 7.59. The Morgan fingerprint density at radius 3 is 2.24 bits per heavy atom. The van der Waals surface area contributed by atoms with E-state index >= 15 is 0 Å². The fraction of sp³-hybridized carbons (Fsp3) is 0.500. The highest BCUT2D eigenvalue weighted by molar-refractivity contribution is 5.56. The van der Waals surface area contributed by atoms with Crippen LogP contribution in [0.3, 0.4) is 0 Å². The minimum absolute atomic E-state index is 0.313. The molecule has 2 aromatic rings. The van der Waals surface area contributed by atoms with Gasteiger partial charge in [-0.1, -0.05) is 19.3 Å². The van der Waals surface area contributed by atoms with Crippen LogP contribution in [-0.4, -0.2) is 19.9 Å². The van der Waals surface area contributed by atoms with Gasteiger partial charge >= 0.3 is 0 Å². The topological polar surface area (TPSA) is 77.6 Å². The van der Waals surface area contributed by atoms with Gasteiger partial charge in [0.25, 0.3) is 0 Å². The normalized spacial score (nSPS) is 16.1. The number of rotatable bonds is 2. The van der Waals surface area contributed by atoms with Gasteiger partial charge in [0.05, 0.1) is 0 Å². The SMILES string of the molecule is Cc1cc(-c2nc(N)nc(C3CCCCC3)n2)cc(C)n1. The first-order chi connectivity index (χ1) is 10.1. The zero-order valence-corrected chi connectivity index (χ0v) is 12.6. The van der Waals surface area contributed by atoms with Crippen molar-refractivity contribution in [3.05, 3.63) is 29.3 Å². The van der Waals surface area contributed by atoms with Gasteiger partial charge in [0, 0.05) is 22.9 Å². The Morgan fingerprint density at radius 1 is 0.905 bits per heavy atom. The molecule has 1 saturated carbocycles. The minimum Gasteiger partial charge on any atom is -0.368 e. The van der Waals surface area contributed by atoms with Crippen LogP contribution >= 0.6 is 0 Å². The van der Waals surface area contributed by atoms with Gasteiger partial charge in [-0.2, -0.15) is 9.97 Å². The summed E-state index contributed by atoms with van der Waals surface area (Å²) in [6, 6.07) is 3.98. The first kappa shape index (κ1) is 13.9. The Kier molecular flexibility index (Phi) is 3.82. The number of nitrogens with zero attached hydrogens (tertiary/aromatic N) is 4. The molecule has 110 valence electrons. The fourth-order valence-corrected chi connectivity index (χ4v) is 3.05. The molecule has 2 N–H and O–H groups in total. The number of nitrogens with two attached hydrogens (primary N) is 1. The van der Waals surface area contributed by atoms with Gasteiger partial charge in [0.15, 0.2) is 5.82 Å². The second kappa shape index (κ2) is 5.76. The molecule has 0 aromatic carbocycles. The lowest BCUT2D eigenvalue weighted by atomic mass is 9.89. The fourth-order valence-electron chi connectivity index (χ4n) is 3.05. The third kappa shape index (κ3) is 3.17. The Balaban J connectivity index is 2.00. The summed E-state index contributed by atoms with van der Waals surface area (Å²) in [5.74, 6) is 2.25. The molecule has 0 saturated heterocycles. The van der Waals surface area contributed by atoms with E-state index in [4.69, 9.17) is 5.73 Å². The molecule has 2 aromatic heterocycles. The van der Waals surface area contributed by atoms with Gasteiger partial charge < -0.3 is 5.73 Å². The van der Waals surface area contributed by atoms with Crippen LogP contribution in [0.4, 0.5) is 5.95 Å². The second-order valence-corrected chi connectivity index (χ2v) is 5.85. The zero-order chi connectivity index (χ0) is 14.8. The van der Waals surface area contributed by atoms with E-state index in [9.17, 15) is 0 Å². The Bertz CT molecular complexity index is 627. The molecule has 21 heavy (non-hydrogen) atoms. The molecular formula is C16H21N5. The molecule has 0 bridgehead atoms. The molecule has 0 spiro atoms. The van der Waals surface area contributed by atoms with Crippen molar-refractivity contribution < 1.29 is 0 Å². The third-order valence-corrected chi connectivity index (χ3v) is 3.98. The van der Waals surface area contributed by atoms with E-state index in [1.807, 2.05) is 26.0 Å². The number of aromatic nitrogens is 4. The standard InChI is InChI=1S/C16H21N5/c1-10-8-13(9-11(2)18-10)15-19-14(20-16(17)21-15)12-6-4-3-5-7-12/h8-9,12H,3-7H2,1-2H3,(H2,17,19,20,21). The number of pyridine rings is 1. The summed E-state index contributed by atoms with van der Waals surface area (Å²) in [5.41, 5.74) is 8.79. The summed E-state index contributed by atoms with van der Waals surface area (Å²) in [5, 5.41) is 0. The lowest BCUT2D eigenvalue weighted by Crippen LogP contribution is -2.12. The van der Waals surface area contributed by atoms with Gasteiger partial charge in [-0.05, 0) is 38.8 Å². The third-order valence-electron chi connectivity index (χ3n) is 3.98. The van der Waals surface area contributed by atoms with Crippen molar-refractivity contribution in [3.63, 3.8) is 0 Å². The van der Waals surface area contributed by atoms with Crippen LogP contribution in [0.2, 0.25) is 0 Å². The van der Waals surface area contributed by atoms with E-state index in [-0.39, 0.29) is 0 Å². The Morgan fingerprint density at radius 2 is 1.57 bits per heavy atom. The molecule has 0 amide bonds. The Labute approximate surface area is 125 Å². The smallest absolute Gasteiger partial charge is 0.223 e. The average Bonchev–Trinajstić information content (AvgIpc) is 2.46. The maximum atomic E-state index is 5.90. The van der Waals surface area contributed by atoms with Crippen LogP contribution in [0.15, 0.2) is 12.1 Å². The van der Waals surface area contributed by atoms with Crippen molar-refractivity contribution in [1.29, 1.82) is 0 Å². The summed E-state index contributed by atoms with van der Waals surface area (Å²) in [7, 11) is 0. The van der Waals surface area contributed by atoms with Crippen LogP contribution in [0.25, 0.3) is 11.4 Å². The van der Waals surface area contributed by atoms with E-state index in [1.54, 1.807) is 0 Å². The number of hydrogen-bond acceptors (Lipinski definition) is 5. The maximum absolute atomic E-state index is 5.90. The van der Waals surface area contributed by atoms with E-state index in [0.29, 0.717) is 17.7 Å². The molecular weight excluding hydrogens is 262 g/mol. The van der Waals surface area contributed by atoms with E-state index in [1.165, 1.54) is 19.3 Å². The van der Waals surface area contributed by atoms with Gasteiger partial charge in [0.1, 0.15) is 5.82 Å². The number of aryl methyl sites for hydroxylation is 2. The summed E-state index contributed by atoms with van der Waals surface area (Å²) < 4.78 is 0. The van der Waals surface area contributed by atoms with Crippen molar-refractivity contribution in [3.8, 4) is 11.4 Å². The second-order valence-electron chi connectivity index (χ2n) is 5.85. The summed E-state index contributed by atoms with van der Waals surface area (Å²) in [6.45, 7) is 3.95. The minimum atomic E-state index is 0.313. The van der Waals surface area contributed by atoms with E-state index in [2.05, 4.69) is 19.9 Å². The molecule has 0 atom stereocenters. The summed E-state index contributed by atoms with van der Waals surface area (Å²) in [6.07, 6.45) is 6.11. The van der Waals surface area contributed by atoms with Gasteiger partial charge in [-0.3, -0.25) is 4.98 Å². The van der Waals surface area contributed by atoms with Crippen LogP contribution in [0.1, 0.15) is 55.2 Å². The predicted octanol–water partition coefficient (Wildman–Crippen LogP) is 3.18. The molecule has 0 radical (unpaired) electrons. The lowest BCUT2D eigenvalue weighted by Gasteiger charge is -2.20. The highest BCUT2D eigenvalue weighted by Crippen LogP contribution is 2.31. The monoisotopic (exact) mass is 283 g/mol. The van der Waals surface area contributed by atoms with Crippen molar-refractivity contribution >= 4 is 5.95 Å². The van der Waals surface area contributed by atoms with Crippen LogP contribution < -0.4 is 5.73 Å². The summed E-state index contributed by atoms with van der Waals surface area (Å²) in [4.78, 5) is 17.7. The van der Waals surface area contributed by atoms with Crippen molar-refractivity contribution in [2.75, 3.05) is 5.73 Å². The van der Waals surface area contributed by atoms with Gasteiger partial charge in [-0.25, -0.2) is 4.98 Å². The zero-order valence-electron chi connectivity index (χ0n) is 12.6. The van der Waals surface area contributed by atoms with Crippen LogP contribution in [0.5, 0.6) is 0 Å².